The molecule has 1 aromatic carbocycles. The lowest BCUT2D eigenvalue weighted by atomic mass is 9.92. The average Bonchev–Trinajstić information content (AvgIpc) is 3.28. The third-order valence-corrected chi connectivity index (χ3v) is 6.22. The summed E-state index contributed by atoms with van der Waals surface area (Å²) in [6.45, 7) is 5.79. The van der Waals surface area contributed by atoms with Crippen molar-refractivity contribution in [3.05, 3.63) is 36.2 Å². The van der Waals surface area contributed by atoms with Crippen molar-refractivity contribution in [2.24, 2.45) is 11.8 Å². The van der Waals surface area contributed by atoms with E-state index in [4.69, 9.17) is 9.26 Å². The molecular formula is C23H30N4O4. The van der Waals surface area contributed by atoms with Crippen molar-refractivity contribution in [2.45, 2.75) is 39.2 Å². The highest BCUT2D eigenvalue weighted by Crippen LogP contribution is 2.25. The van der Waals surface area contributed by atoms with E-state index in [2.05, 4.69) is 15.0 Å². The quantitative estimate of drug-likeness (QED) is 0.656. The standard InChI is InChI=1S/C23H30N4O4/c1-2-30-23(29)19-10-14-27(15-11-19)22(28)18-8-12-26(13-9-18)16-20-24-21(25-31-20)17-6-4-3-5-7-17/h3-7,18-19H,2,8-16H2,1H3. The van der Waals surface area contributed by atoms with Crippen LogP contribution in [0.5, 0.6) is 0 Å². The van der Waals surface area contributed by atoms with Crippen LogP contribution in [0.3, 0.4) is 0 Å². The Kier molecular flexibility index (Phi) is 6.96. The van der Waals surface area contributed by atoms with Crippen molar-refractivity contribution in [2.75, 3.05) is 32.8 Å². The van der Waals surface area contributed by atoms with Crippen LogP contribution < -0.4 is 0 Å². The fraction of sp³-hybridized carbons (Fsp3) is 0.565. The normalized spacial score (nSPS) is 18.8. The highest BCUT2D eigenvalue weighted by Gasteiger charge is 2.33. The molecule has 0 saturated carbocycles. The lowest BCUT2D eigenvalue weighted by molar-refractivity contribution is -0.152. The van der Waals surface area contributed by atoms with Crippen LogP contribution in [0.2, 0.25) is 0 Å². The third kappa shape index (κ3) is 5.31. The molecule has 2 aliphatic heterocycles. The van der Waals surface area contributed by atoms with Gasteiger partial charge >= 0.3 is 5.97 Å². The predicted molar refractivity (Wildman–Crippen MR) is 114 cm³/mol. The first-order valence-electron chi connectivity index (χ1n) is 11.2. The molecule has 0 spiro atoms. The average molecular weight is 427 g/mol. The number of hydrogen-bond acceptors (Lipinski definition) is 7. The molecule has 31 heavy (non-hydrogen) atoms. The van der Waals surface area contributed by atoms with E-state index >= 15 is 0 Å². The molecule has 0 radical (unpaired) electrons. The minimum atomic E-state index is -0.126. The number of piperidine rings is 2. The van der Waals surface area contributed by atoms with Gasteiger partial charge in [0.15, 0.2) is 0 Å². The molecule has 8 heteroatoms. The SMILES string of the molecule is CCOC(=O)C1CCN(C(=O)C2CCN(Cc3nc(-c4ccccc4)no3)CC2)CC1. The summed E-state index contributed by atoms with van der Waals surface area (Å²) in [6, 6.07) is 9.78. The van der Waals surface area contributed by atoms with Crippen LogP contribution in [0.25, 0.3) is 11.4 Å². The van der Waals surface area contributed by atoms with Crippen LogP contribution in [0.1, 0.15) is 38.5 Å². The Morgan fingerprint density at radius 3 is 2.39 bits per heavy atom. The van der Waals surface area contributed by atoms with E-state index in [0.717, 1.165) is 31.5 Å². The van der Waals surface area contributed by atoms with Crippen LogP contribution in [-0.2, 0) is 20.9 Å². The number of rotatable bonds is 6. The molecule has 3 heterocycles. The first kappa shape index (κ1) is 21.5. The van der Waals surface area contributed by atoms with Crippen LogP contribution >= 0.6 is 0 Å². The number of esters is 1. The van der Waals surface area contributed by atoms with Gasteiger partial charge in [0.05, 0.1) is 19.1 Å². The van der Waals surface area contributed by atoms with Gasteiger partial charge in [-0.3, -0.25) is 14.5 Å². The number of carbonyl (C=O) groups is 2. The number of nitrogens with zero attached hydrogens (tertiary/aromatic N) is 4. The maximum Gasteiger partial charge on any atom is 0.309 e. The Balaban J connectivity index is 1.22. The number of amides is 1. The molecule has 2 aliphatic rings. The molecule has 1 aromatic heterocycles. The van der Waals surface area contributed by atoms with E-state index in [1.165, 1.54) is 0 Å². The molecule has 166 valence electrons. The summed E-state index contributed by atoms with van der Waals surface area (Å²) >= 11 is 0. The second-order valence-electron chi connectivity index (χ2n) is 8.28. The summed E-state index contributed by atoms with van der Waals surface area (Å²) in [6.07, 6.45) is 3.06. The molecular weight excluding hydrogens is 396 g/mol. The molecule has 1 amide bonds. The fourth-order valence-electron chi connectivity index (χ4n) is 4.41. The van der Waals surface area contributed by atoms with Crippen LogP contribution in [0, 0.1) is 11.8 Å². The Hall–Kier alpha value is -2.74. The zero-order valence-electron chi connectivity index (χ0n) is 18.0. The van der Waals surface area contributed by atoms with E-state index in [0.29, 0.717) is 50.8 Å². The van der Waals surface area contributed by atoms with Gasteiger partial charge in [0.2, 0.25) is 17.6 Å². The van der Waals surface area contributed by atoms with Crippen molar-refractivity contribution in [1.82, 2.24) is 19.9 Å². The summed E-state index contributed by atoms with van der Waals surface area (Å²) in [5, 5.41) is 4.08. The predicted octanol–water partition coefficient (Wildman–Crippen LogP) is 2.75. The van der Waals surface area contributed by atoms with E-state index in [9.17, 15) is 9.59 Å². The second-order valence-corrected chi connectivity index (χ2v) is 8.28. The Morgan fingerprint density at radius 2 is 1.71 bits per heavy atom. The summed E-state index contributed by atoms with van der Waals surface area (Å²) in [5.74, 6) is 1.29. The van der Waals surface area contributed by atoms with Gasteiger partial charge in [-0.2, -0.15) is 4.98 Å². The molecule has 0 N–H and O–H groups in total. The summed E-state index contributed by atoms with van der Waals surface area (Å²) in [7, 11) is 0. The number of benzene rings is 1. The number of carbonyl (C=O) groups excluding carboxylic acids is 2. The van der Waals surface area contributed by atoms with E-state index in [1.807, 2.05) is 42.2 Å². The van der Waals surface area contributed by atoms with E-state index in [1.54, 1.807) is 0 Å². The van der Waals surface area contributed by atoms with Crippen LogP contribution in [0.4, 0.5) is 0 Å². The third-order valence-electron chi connectivity index (χ3n) is 6.22. The molecule has 2 aromatic rings. The van der Waals surface area contributed by atoms with Gasteiger partial charge in [-0.1, -0.05) is 35.5 Å². The number of hydrogen-bond donors (Lipinski definition) is 0. The van der Waals surface area contributed by atoms with Gasteiger partial charge in [-0.25, -0.2) is 0 Å². The van der Waals surface area contributed by atoms with Gasteiger partial charge in [-0.05, 0) is 45.7 Å². The molecule has 0 atom stereocenters. The maximum absolute atomic E-state index is 12.9. The van der Waals surface area contributed by atoms with Crippen molar-refractivity contribution >= 4 is 11.9 Å². The van der Waals surface area contributed by atoms with Crippen LogP contribution in [-0.4, -0.2) is 64.6 Å². The first-order valence-corrected chi connectivity index (χ1v) is 11.2. The first-order chi connectivity index (χ1) is 15.1. The lowest BCUT2D eigenvalue weighted by Gasteiger charge is -2.36. The molecule has 0 unspecified atom stereocenters. The van der Waals surface area contributed by atoms with E-state index in [-0.39, 0.29) is 23.7 Å². The highest BCUT2D eigenvalue weighted by molar-refractivity contribution is 5.79. The molecule has 0 bridgehead atoms. The van der Waals surface area contributed by atoms with Crippen molar-refractivity contribution in [1.29, 1.82) is 0 Å². The minimum Gasteiger partial charge on any atom is -0.466 e. The molecule has 0 aliphatic carbocycles. The minimum absolute atomic E-state index is 0.0537. The topological polar surface area (TPSA) is 88.8 Å². The Labute approximate surface area is 182 Å². The Morgan fingerprint density at radius 1 is 1.03 bits per heavy atom. The summed E-state index contributed by atoms with van der Waals surface area (Å²) in [4.78, 5) is 33.5. The lowest BCUT2D eigenvalue weighted by Crippen LogP contribution is -2.46. The highest BCUT2D eigenvalue weighted by atomic mass is 16.5. The van der Waals surface area contributed by atoms with E-state index < -0.39 is 0 Å². The molecule has 4 rings (SSSR count). The molecule has 2 fully saturated rings. The fourth-order valence-corrected chi connectivity index (χ4v) is 4.41. The number of likely N-dealkylation sites (tertiary alicyclic amines) is 2. The van der Waals surface area contributed by atoms with Crippen molar-refractivity contribution in [3.8, 4) is 11.4 Å². The van der Waals surface area contributed by atoms with Gasteiger partial charge in [0, 0.05) is 24.6 Å². The molecule has 8 nitrogen and oxygen atoms in total. The van der Waals surface area contributed by atoms with Crippen LogP contribution in [0.15, 0.2) is 34.9 Å². The zero-order chi connectivity index (χ0) is 21.6. The second kappa shape index (κ2) is 10.0. The van der Waals surface area contributed by atoms with Gasteiger partial charge in [0.1, 0.15) is 0 Å². The van der Waals surface area contributed by atoms with Gasteiger partial charge < -0.3 is 14.2 Å². The monoisotopic (exact) mass is 426 g/mol. The largest absolute Gasteiger partial charge is 0.466 e. The zero-order valence-corrected chi connectivity index (χ0v) is 18.0. The van der Waals surface area contributed by atoms with Gasteiger partial charge in [-0.15, -0.1) is 0 Å². The van der Waals surface area contributed by atoms with Gasteiger partial charge in [0.25, 0.3) is 0 Å². The maximum atomic E-state index is 12.9. The molecule has 2 saturated heterocycles. The summed E-state index contributed by atoms with van der Waals surface area (Å²) < 4.78 is 10.5. The Bertz CT molecular complexity index is 869. The number of ether oxygens (including phenoxy) is 1. The smallest absolute Gasteiger partial charge is 0.309 e. The summed E-state index contributed by atoms with van der Waals surface area (Å²) in [5.41, 5.74) is 0.938. The van der Waals surface area contributed by atoms with Crippen molar-refractivity contribution < 1.29 is 18.8 Å². The van der Waals surface area contributed by atoms with Crippen molar-refractivity contribution in [3.63, 3.8) is 0 Å². The number of aromatic nitrogens is 2.